The summed E-state index contributed by atoms with van der Waals surface area (Å²) in [7, 11) is 1.71. The van der Waals surface area contributed by atoms with Gasteiger partial charge in [0, 0.05) is 43.7 Å². The molecule has 3 heterocycles. The summed E-state index contributed by atoms with van der Waals surface area (Å²) in [6, 6.07) is 19.0. The molecule has 1 atom stereocenters. The molecule has 0 bridgehead atoms. The van der Waals surface area contributed by atoms with Crippen molar-refractivity contribution in [2.24, 2.45) is 0 Å². The van der Waals surface area contributed by atoms with E-state index in [4.69, 9.17) is 14.5 Å². The number of rotatable bonds is 4. The Hall–Kier alpha value is -2.69. The number of hydrogen-bond acceptors (Lipinski definition) is 4. The number of nitrogens with zero attached hydrogens (tertiary/aromatic N) is 2. The Morgan fingerprint density at radius 1 is 1.03 bits per heavy atom. The van der Waals surface area contributed by atoms with Crippen molar-refractivity contribution in [3.8, 4) is 17.0 Å². The first-order chi connectivity index (χ1) is 14.7. The van der Waals surface area contributed by atoms with Gasteiger partial charge in [-0.25, -0.2) is 0 Å². The molecule has 5 rings (SSSR count). The monoisotopic (exact) mass is 400 g/mol. The van der Waals surface area contributed by atoms with Crippen LogP contribution in [-0.2, 0) is 37.3 Å². The number of pyridine rings is 1. The number of benzene rings is 2. The van der Waals surface area contributed by atoms with Gasteiger partial charge in [-0.15, -0.1) is 0 Å². The summed E-state index contributed by atoms with van der Waals surface area (Å²) in [6.45, 7) is 5.75. The zero-order chi connectivity index (χ0) is 20.5. The molecule has 0 amide bonds. The Morgan fingerprint density at radius 2 is 1.83 bits per heavy atom. The fourth-order valence-corrected chi connectivity index (χ4v) is 4.65. The Balaban J connectivity index is 1.47. The van der Waals surface area contributed by atoms with E-state index < -0.39 is 0 Å². The molecule has 154 valence electrons. The fourth-order valence-electron chi connectivity index (χ4n) is 4.65. The summed E-state index contributed by atoms with van der Waals surface area (Å²) in [6.07, 6.45) is 2.14. The largest absolute Gasteiger partial charge is 0.497 e. The van der Waals surface area contributed by atoms with Gasteiger partial charge in [0.15, 0.2) is 0 Å². The molecule has 0 N–H and O–H groups in total. The van der Waals surface area contributed by atoms with Gasteiger partial charge in [0.05, 0.1) is 25.5 Å². The highest BCUT2D eigenvalue weighted by atomic mass is 16.5. The standard InChI is InChI=1S/C26H28N2O2/c1-18-14-22-24(17-30-18)23-16-28(15-19-8-10-21(29-2)11-9-19)13-12-25(23)27-26(22)20-6-4-3-5-7-20/h3-11,18H,12-17H2,1-2H3. The predicted molar refractivity (Wildman–Crippen MR) is 118 cm³/mol. The molecule has 0 spiro atoms. The highest BCUT2D eigenvalue weighted by Crippen LogP contribution is 2.35. The Bertz CT molecular complexity index is 1030. The van der Waals surface area contributed by atoms with E-state index in [-0.39, 0.29) is 6.10 Å². The van der Waals surface area contributed by atoms with E-state index in [1.165, 1.54) is 33.5 Å². The zero-order valence-corrected chi connectivity index (χ0v) is 17.7. The lowest BCUT2D eigenvalue weighted by Gasteiger charge is -2.34. The van der Waals surface area contributed by atoms with Gasteiger partial charge in [-0.2, -0.15) is 0 Å². The molecule has 1 unspecified atom stereocenters. The highest BCUT2D eigenvalue weighted by Gasteiger charge is 2.29. The van der Waals surface area contributed by atoms with Crippen molar-refractivity contribution in [2.75, 3.05) is 13.7 Å². The first-order valence-electron chi connectivity index (χ1n) is 10.8. The molecule has 0 fully saturated rings. The first kappa shape index (κ1) is 19.3. The lowest BCUT2D eigenvalue weighted by Crippen LogP contribution is -2.33. The highest BCUT2D eigenvalue weighted by molar-refractivity contribution is 5.66. The minimum Gasteiger partial charge on any atom is -0.497 e. The van der Waals surface area contributed by atoms with Crippen molar-refractivity contribution in [2.45, 2.75) is 45.6 Å². The molecular formula is C26H28N2O2. The SMILES string of the molecule is COc1ccc(CN2CCc3nc(-c4ccccc4)c4c(c3C2)COC(C)C4)cc1. The van der Waals surface area contributed by atoms with Gasteiger partial charge in [-0.05, 0) is 41.3 Å². The van der Waals surface area contributed by atoms with Gasteiger partial charge in [-0.1, -0.05) is 42.5 Å². The van der Waals surface area contributed by atoms with E-state index in [1.807, 2.05) is 12.1 Å². The van der Waals surface area contributed by atoms with Crippen LogP contribution in [0.4, 0.5) is 0 Å². The summed E-state index contributed by atoms with van der Waals surface area (Å²) >= 11 is 0. The van der Waals surface area contributed by atoms with Crippen molar-refractivity contribution in [1.29, 1.82) is 0 Å². The summed E-state index contributed by atoms with van der Waals surface area (Å²) < 4.78 is 11.4. The second-order valence-corrected chi connectivity index (χ2v) is 8.34. The van der Waals surface area contributed by atoms with E-state index in [9.17, 15) is 0 Å². The van der Waals surface area contributed by atoms with Crippen LogP contribution in [0.15, 0.2) is 54.6 Å². The molecule has 4 heteroatoms. The van der Waals surface area contributed by atoms with Crippen molar-refractivity contribution in [3.63, 3.8) is 0 Å². The quantitative estimate of drug-likeness (QED) is 0.631. The van der Waals surface area contributed by atoms with E-state index in [0.29, 0.717) is 6.61 Å². The molecule has 0 saturated carbocycles. The number of methoxy groups -OCH3 is 1. The maximum Gasteiger partial charge on any atom is 0.118 e. The van der Waals surface area contributed by atoms with Crippen LogP contribution in [0.3, 0.4) is 0 Å². The smallest absolute Gasteiger partial charge is 0.118 e. The van der Waals surface area contributed by atoms with Gasteiger partial charge in [0.25, 0.3) is 0 Å². The van der Waals surface area contributed by atoms with Crippen LogP contribution in [0.5, 0.6) is 5.75 Å². The minimum atomic E-state index is 0.235. The first-order valence-corrected chi connectivity index (χ1v) is 10.8. The van der Waals surface area contributed by atoms with Gasteiger partial charge in [0.2, 0.25) is 0 Å². The molecule has 2 aromatic carbocycles. The second kappa shape index (κ2) is 8.21. The van der Waals surface area contributed by atoms with Crippen LogP contribution in [0.1, 0.15) is 34.9 Å². The van der Waals surface area contributed by atoms with Crippen molar-refractivity contribution in [1.82, 2.24) is 9.88 Å². The van der Waals surface area contributed by atoms with E-state index in [2.05, 4.69) is 54.3 Å². The molecule has 3 aromatic rings. The van der Waals surface area contributed by atoms with E-state index in [0.717, 1.165) is 43.9 Å². The van der Waals surface area contributed by atoms with Crippen LogP contribution in [0, 0.1) is 0 Å². The number of ether oxygens (including phenoxy) is 2. The van der Waals surface area contributed by atoms with Crippen molar-refractivity contribution < 1.29 is 9.47 Å². The lowest BCUT2D eigenvalue weighted by atomic mass is 9.88. The average Bonchev–Trinajstić information content (AvgIpc) is 2.79. The number of hydrogen-bond donors (Lipinski definition) is 0. The molecule has 0 aliphatic carbocycles. The Morgan fingerprint density at radius 3 is 2.60 bits per heavy atom. The van der Waals surface area contributed by atoms with Crippen LogP contribution < -0.4 is 4.74 Å². The molecule has 30 heavy (non-hydrogen) atoms. The van der Waals surface area contributed by atoms with Gasteiger partial charge in [0.1, 0.15) is 5.75 Å². The third-order valence-corrected chi connectivity index (χ3v) is 6.27. The summed E-state index contributed by atoms with van der Waals surface area (Å²) in [5.74, 6) is 0.903. The van der Waals surface area contributed by atoms with Gasteiger partial charge in [-0.3, -0.25) is 9.88 Å². The maximum absolute atomic E-state index is 6.08. The van der Waals surface area contributed by atoms with Crippen molar-refractivity contribution in [3.05, 3.63) is 82.5 Å². The Labute approximate surface area is 178 Å². The molecule has 1 aromatic heterocycles. The summed E-state index contributed by atoms with van der Waals surface area (Å²) in [5, 5.41) is 0. The lowest BCUT2D eigenvalue weighted by molar-refractivity contribution is 0.0396. The maximum atomic E-state index is 6.08. The van der Waals surface area contributed by atoms with Crippen LogP contribution in [-0.4, -0.2) is 29.6 Å². The molecule has 4 nitrogen and oxygen atoms in total. The fraction of sp³-hybridized carbons (Fsp3) is 0.346. The van der Waals surface area contributed by atoms with Gasteiger partial charge >= 0.3 is 0 Å². The molecule has 0 saturated heterocycles. The summed E-state index contributed by atoms with van der Waals surface area (Å²) in [4.78, 5) is 7.72. The third kappa shape index (κ3) is 3.73. The average molecular weight is 401 g/mol. The number of fused-ring (bicyclic) bond motifs is 3. The van der Waals surface area contributed by atoms with Crippen molar-refractivity contribution >= 4 is 0 Å². The summed E-state index contributed by atoms with van der Waals surface area (Å²) in [5.41, 5.74) is 9.07. The van der Waals surface area contributed by atoms with Gasteiger partial charge < -0.3 is 9.47 Å². The minimum absolute atomic E-state index is 0.235. The molecule has 0 radical (unpaired) electrons. The Kier molecular flexibility index (Phi) is 5.28. The molecule has 2 aliphatic heterocycles. The topological polar surface area (TPSA) is 34.6 Å². The third-order valence-electron chi connectivity index (χ3n) is 6.27. The zero-order valence-electron chi connectivity index (χ0n) is 17.7. The number of aromatic nitrogens is 1. The van der Waals surface area contributed by atoms with Crippen LogP contribution >= 0.6 is 0 Å². The normalized spacial score (nSPS) is 18.5. The van der Waals surface area contributed by atoms with Crippen LogP contribution in [0.2, 0.25) is 0 Å². The molecule has 2 aliphatic rings. The van der Waals surface area contributed by atoms with Crippen LogP contribution in [0.25, 0.3) is 11.3 Å². The van der Waals surface area contributed by atoms with E-state index in [1.54, 1.807) is 7.11 Å². The molecular weight excluding hydrogens is 372 g/mol. The second-order valence-electron chi connectivity index (χ2n) is 8.34. The van der Waals surface area contributed by atoms with E-state index >= 15 is 0 Å². The predicted octanol–water partition coefficient (Wildman–Crippen LogP) is 4.78.